The SMILES string of the molecule is NC(=O)c1ccc(F)c(C(=O)c2c[nH]c3ncccc23)c1F. The van der Waals surface area contributed by atoms with Crippen LogP contribution in [0.25, 0.3) is 11.0 Å². The molecule has 0 saturated heterocycles. The van der Waals surface area contributed by atoms with Gasteiger partial charge >= 0.3 is 0 Å². The molecule has 0 unspecified atom stereocenters. The van der Waals surface area contributed by atoms with Gasteiger partial charge in [-0.25, -0.2) is 13.8 Å². The number of carbonyl (C=O) groups excluding carboxylic acids is 2. The first-order chi connectivity index (χ1) is 10.5. The van der Waals surface area contributed by atoms with Gasteiger partial charge in [-0.2, -0.15) is 0 Å². The van der Waals surface area contributed by atoms with Gasteiger partial charge in [-0.3, -0.25) is 9.59 Å². The molecule has 0 bridgehead atoms. The number of halogens is 2. The first kappa shape index (κ1) is 13.9. The van der Waals surface area contributed by atoms with Gasteiger partial charge in [-0.1, -0.05) is 0 Å². The molecule has 0 spiro atoms. The van der Waals surface area contributed by atoms with Crippen molar-refractivity contribution in [3.8, 4) is 0 Å². The Kier molecular flexibility index (Phi) is 3.17. The molecule has 5 nitrogen and oxygen atoms in total. The first-order valence-corrected chi connectivity index (χ1v) is 6.25. The number of pyridine rings is 1. The van der Waals surface area contributed by atoms with E-state index >= 15 is 0 Å². The number of rotatable bonds is 3. The highest BCUT2D eigenvalue weighted by atomic mass is 19.1. The van der Waals surface area contributed by atoms with Gasteiger partial charge in [0.25, 0.3) is 5.91 Å². The summed E-state index contributed by atoms with van der Waals surface area (Å²) in [5, 5.41) is 0.427. The van der Waals surface area contributed by atoms with Crippen molar-refractivity contribution in [1.82, 2.24) is 9.97 Å². The number of carbonyl (C=O) groups is 2. The van der Waals surface area contributed by atoms with Crippen LogP contribution < -0.4 is 5.73 Å². The second-order valence-electron chi connectivity index (χ2n) is 4.58. The van der Waals surface area contributed by atoms with Crippen molar-refractivity contribution in [2.75, 3.05) is 0 Å². The van der Waals surface area contributed by atoms with Gasteiger partial charge in [0.2, 0.25) is 5.78 Å². The Morgan fingerprint density at radius 3 is 2.64 bits per heavy atom. The molecule has 1 aromatic carbocycles. The highest BCUT2D eigenvalue weighted by Crippen LogP contribution is 2.24. The summed E-state index contributed by atoms with van der Waals surface area (Å²) in [7, 11) is 0. The Labute approximate surface area is 122 Å². The molecule has 0 saturated carbocycles. The van der Waals surface area contributed by atoms with Crippen molar-refractivity contribution < 1.29 is 18.4 Å². The molecule has 1 amide bonds. The summed E-state index contributed by atoms with van der Waals surface area (Å²) < 4.78 is 28.1. The highest BCUT2D eigenvalue weighted by molar-refractivity contribution is 6.16. The van der Waals surface area contributed by atoms with E-state index in [0.717, 1.165) is 12.1 Å². The van der Waals surface area contributed by atoms with Gasteiger partial charge in [-0.05, 0) is 24.3 Å². The Hall–Kier alpha value is -3.09. The molecule has 7 heteroatoms. The molecule has 0 aliphatic rings. The van der Waals surface area contributed by atoms with Crippen LogP contribution in [0, 0.1) is 11.6 Å². The minimum Gasteiger partial charge on any atom is -0.366 e. The molecule has 3 rings (SSSR count). The molecule has 2 heterocycles. The number of primary amides is 1. The zero-order valence-corrected chi connectivity index (χ0v) is 11.1. The lowest BCUT2D eigenvalue weighted by Gasteiger charge is -2.06. The van der Waals surface area contributed by atoms with Crippen molar-refractivity contribution in [1.29, 1.82) is 0 Å². The van der Waals surface area contributed by atoms with E-state index in [2.05, 4.69) is 9.97 Å². The molecule has 0 fully saturated rings. The average molecular weight is 301 g/mol. The molecule has 0 aliphatic carbocycles. The number of aromatic nitrogens is 2. The average Bonchev–Trinajstić information content (AvgIpc) is 2.90. The van der Waals surface area contributed by atoms with Crippen LogP contribution in [0.4, 0.5) is 8.78 Å². The highest BCUT2D eigenvalue weighted by Gasteiger charge is 2.25. The summed E-state index contributed by atoms with van der Waals surface area (Å²) in [6.45, 7) is 0. The lowest BCUT2D eigenvalue weighted by atomic mass is 9.99. The van der Waals surface area contributed by atoms with Crippen molar-refractivity contribution in [3.05, 3.63) is 65.0 Å². The van der Waals surface area contributed by atoms with Gasteiger partial charge in [-0.15, -0.1) is 0 Å². The third-order valence-electron chi connectivity index (χ3n) is 3.28. The Morgan fingerprint density at radius 2 is 1.91 bits per heavy atom. The van der Waals surface area contributed by atoms with Crippen LogP contribution in [0.15, 0.2) is 36.7 Å². The van der Waals surface area contributed by atoms with Gasteiger partial charge < -0.3 is 10.7 Å². The van der Waals surface area contributed by atoms with E-state index in [1.54, 1.807) is 12.1 Å². The van der Waals surface area contributed by atoms with Crippen molar-refractivity contribution in [3.63, 3.8) is 0 Å². The number of nitrogens with one attached hydrogen (secondary N) is 1. The van der Waals surface area contributed by atoms with Gasteiger partial charge in [0.15, 0.2) is 0 Å². The summed E-state index contributed by atoms with van der Waals surface area (Å²) in [5.74, 6) is -4.30. The minimum atomic E-state index is -1.27. The second-order valence-corrected chi connectivity index (χ2v) is 4.58. The number of hydrogen-bond donors (Lipinski definition) is 2. The summed E-state index contributed by atoms with van der Waals surface area (Å²) in [6.07, 6.45) is 2.83. The van der Waals surface area contributed by atoms with Crippen molar-refractivity contribution in [2.45, 2.75) is 0 Å². The van der Waals surface area contributed by atoms with E-state index in [9.17, 15) is 18.4 Å². The predicted octanol–water partition coefficient (Wildman–Crippen LogP) is 2.17. The fraction of sp³-hybridized carbons (Fsp3) is 0. The van der Waals surface area contributed by atoms with Crippen LogP contribution >= 0.6 is 0 Å². The van der Waals surface area contributed by atoms with E-state index in [4.69, 9.17) is 5.73 Å². The maximum atomic E-state index is 14.2. The molecular weight excluding hydrogens is 292 g/mol. The molecule has 3 aromatic rings. The number of nitrogens with zero attached hydrogens (tertiary/aromatic N) is 1. The quantitative estimate of drug-likeness (QED) is 0.727. The van der Waals surface area contributed by atoms with Crippen LogP contribution in [0.3, 0.4) is 0 Å². The number of hydrogen-bond acceptors (Lipinski definition) is 3. The monoisotopic (exact) mass is 301 g/mol. The first-order valence-electron chi connectivity index (χ1n) is 6.25. The molecule has 3 N–H and O–H groups in total. The number of fused-ring (bicyclic) bond motifs is 1. The third kappa shape index (κ3) is 2.03. The van der Waals surface area contributed by atoms with E-state index in [1.807, 2.05) is 0 Å². The summed E-state index contributed by atoms with van der Waals surface area (Å²) in [6, 6.07) is 4.93. The zero-order valence-electron chi connectivity index (χ0n) is 11.1. The van der Waals surface area contributed by atoms with E-state index in [-0.39, 0.29) is 5.56 Å². The Bertz CT molecular complexity index is 918. The van der Waals surface area contributed by atoms with Crippen LogP contribution in [-0.4, -0.2) is 21.7 Å². The smallest absolute Gasteiger partial charge is 0.251 e. The second kappa shape index (κ2) is 5.03. The lowest BCUT2D eigenvalue weighted by molar-refractivity contribution is 0.0996. The molecule has 0 radical (unpaired) electrons. The maximum absolute atomic E-state index is 14.2. The van der Waals surface area contributed by atoms with E-state index < -0.39 is 34.5 Å². The van der Waals surface area contributed by atoms with Gasteiger partial charge in [0.1, 0.15) is 17.3 Å². The zero-order chi connectivity index (χ0) is 15.9. The van der Waals surface area contributed by atoms with E-state index in [1.165, 1.54) is 12.4 Å². The number of nitrogens with two attached hydrogens (primary N) is 1. The minimum absolute atomic E-state index is 0.0579. The lowest BCUT2D eigenvalue weighted by Crippen LogP contribution is -2.17. The Balaban J connectivity index is 2.21. The molecule has 0 aliphatic heterocycles. The van der Waals surface area contributed by atoms with E-state index in [0.29, 0.717) is 11.0 Å². The normalized spacial score (nSPS) is 10.8. The summed E-state index contributed by atoms with van der Waals surface area (Å²) >= 11 is 0. The van der Waals surface area contributed by atoms with Gasteiger partial charge in [0, 0.05) is 23.3 Å². The Morgan fingerprint density at radius 1 is 1.14 bits per heavy atom. The third-order valence-corrected chi connectivity index (χ3v) is 3.28. The fourth-order valence-electron chi connectivity index (χ4n) is 2.23. The molecule has 0 atom stereocenters. The molecule has 22 heavy (non-hydrogen) atoms. The number of amides is 1. The predicted molar refractivity (Wildman–Crippen MR) is 74.4 cm³/mol. The maximum Gasteiger partial charge on any atom is 0.251 e. The largest absolute Gasteiger partial charge is 0.366 e. The van der Waals surface area contributed by atoms with Crippen LogP contribution in [0.1, 0.15) is 26.3 Å². The molecular formula is C15H9F2N3O2. The van der Waals surface area contributed by atoms with Crippen molar-refractivity contribution in [2.24, 2.45) is 5.73 Å². The number of H-pyrrole nitrogens is 1. The van der Waals surface area contributed by atoms with Crippen LogP contribution in [0.5, 0.6) is 0 Å². The van der Waals surface area contributed by atoms with Crippen LogP contribution in [-0.2, 0) is 0 Å². The number of aromatic amines is 1. The standard InChI is InChI=1S/C15H9F2N3O2/c16-10-4-3-8(14(18)22)12(17)11(10)13(21)9-6-20-15-7(9)2-1-5-19-15/h1-6H,(H2,18,22)(H,19,20). The number of benzene rings is 1. The topological polar surface area (TPSA) is 88.8 Å². The van der Waals surface area contributed by atoms with Gasteiger partial charge in [0.05, 0.1) is 11.1 Å². The summed E-state index contributed by atoms with van der Waals surface area (Å²) in [5.41, 5.74) is 4.13. The molecule has 110 valence electrons. The number of ketones is 1. The fourth-order valence-corrected chi connectivity index (χ4v) is 2.23. The van der Waals surface area contributed by atoms with Crippen LogP contribution in [0.2, 0.25) is 0 Å². The van der Waals surface area contributed by atoms with Crippen molar-refractivity contribution >= 4 is 22.7 Å². The molecule has 2 aromatic heterocycles. The summed E-state index contributed by atoms with van der Waals surface area (Å²) in [4.78, 5) is 30.3.